The molecule has 0 atom stereocenters. The predicted octanol–water partition coefficient (Wildman–Crippen LogP) is 3.34. The molecule has 1 aromatic heterocycles. The highest BCUT2D eigenvalue weighted by atomic mass is 19.2. The van der Waals surface area contributed by atoms with Crippen molar-refractivity contribution in [2.24, 2.45) is 0 Å². The van der Waals surface area contributed by atoms with E-state index in [0.717, 1.165) is 0 Å². The van der Waals surface area contributed by atoms with E-state index in [2.05, 4.69) is 9.97 Å². The molecule has 90 valence electrons. The fraction of sp³-hybridized carbons (Fsp3) is 0. The Morgan fingerprint density at radius 1 is 0.667 bits per heavy atom. The Labute approximate surface area is 97.9 Å². The molecule has 0 bridgehead atoms. The van der Waals surface area contributed by atoms with Crippen LogP contribution in [0.25, 0.3) is 21.8 Å². The molecule has 2 aromatic carbocycles. The second kappa shape index (κ2) is 3.63. The molecular formula is C12H4F4N2. The van der Waals surface area contributed by atoms with Crippen LogP contribution in [0.2, 0.25) is 0 Å². The van der Waals surface area contributed by atoms with Crippen molar-refractivity contribution in [1.82, 2.24) is 9.97 Å². The third-order valence-corrected chi connectivity index (χ3v) is 2.63. The van der Waals surface area contributed by atoms with E-state index in [0.29, 0.717) is 0 Å². The molecule has 2 nitrogen and oxygen atoms in total. The maximum absolute atomic E-state index is 13.7. The summed E-state index contributed by atoms with van der Waals surface area (Å²) in [7, 11) is 0. The van der Waals surface area contributed by atoms with E-state index < -0.39 is 29.0 Å². The van der Waals surface area contributed by atoms with Crippen LogP contribution in [0, 0.1) is 23.5 Å². The van der Waals surface area contributed by atoms with Crippen molar-refractivity contribution < 1.29 is 17.6 Å². The third kappa shape index (κ3) is 1.35. The lowest BCUT2D eigenvalue weighted by atomic mass is 10.1. The first-order chi connectivity index (χ1) is 8.59. The molecule has 3 aromatic rings. The van der Waals surface area contributed by atoms with Gasteiger partial charge in [0, 0.05) is 10.8 Å². The van der Waals surface area contributed by atoms with Gasteiger partial charge in [0.05, 0.1) is 0 Å². The molecule has 0 unspecified atom stereocenters. The number of benzene rings is 2. The average Bonchev–Trinajstić information content (AvgIpc) is 2.38. The van der Waals surface area contributed by atoms with Gasteiger partial charge in [-0.1, -0.05) is 24.3 Å². The fourth-order valence-corrected chi connectivity index (χ4v) is 1.84. The van der Waals surface area contributed by atoms with Crippen LogP contribution in [-0.2, 0) is 0 Å². The van der Waals surface area contributed by atoms with Gasteiger partial charge in [0.25, 0.3) is 11.9 Å². The Bertz CT molecular complexity index is 786. The maximum Gasteiger partial charge on any atom is 0.269 e. The van der Waals surface area contributed by atoms with Gasteiger partial charge in [-0.05, 0) is 0 Å². The number of halogens is 4. The third-order valence-electron chi connectivity index (χ3n) is 2.63. The highest BCUT2D eigenvalue weighted by Gasteiger charge is 2.19. The molecule has 0 radical (unpaired) electrons. The van der Waals surface area contributed by atoms with Crippen molar-refractivity contribution in [2.45, 2.75) is 0 Å². The first-order valence-electron chi connectivity index (χ1n) is 4.98. The van der Waals surface area contributed by atoms with E-state index in [1.807, 2.05) is 0 Å². The molecule has 0 saturated carbocycles. The van der Waals surface area contributed by atoms with Crippen LogP contribution in [0.4, 0.5) is 17.6 Å². The van der Waals surface area contributed by atoms with Gasteiger partial charge in [0.1, 0.15) is 11.0 Å². The number of hydrogen-bond acceptors (Lipinski definition) is 2. The van der Waals surface area contributed by atoms with E-state index >= 15 is 0 Å². The molecular weight excluding hydrogens is 248 g/mol. The first-order valence-corrected chi connectivity index (χ1v) is 4.98. The summed E-state index contributed by atoms with van der Waals surface area (Å²) in [5.41, 5.74) is -0.825. The zero-order valence-corrected chi connectivity index (χ0v) is 8.72. The molecule has 0 aliphatic heterocycles. The Morgan fingerprint density at radius 2 is 1.22 bits per heavy atom. The van der Waals surface area contributed by atoms with Crippen molar-refractivity contribution in [3.05, 3.63) is 47.8 Å². The molecule has 0 aliphatic rings. The van der Waals surface area contributed by atoms with Gasteiger partial charge in [0.15, 0.2) is 11.6 Å². The van der Waals surface area contributed by atoms with E-state index in [9.17, 15) is 17.6 Å². The molecule has 0 saturated heterocycles. The summed E-state index contributed by atoms with van der Waals surface area (Å²) in [4.78, 5) is 6.36. The molecule has 0 fully saturated rings. The zero-order chi connectivity index (χ0) is 12.9. The molecule has 18 heavy (non-hydrogen) atoms. The van der Waals surface area contributed by atoms with Crippen LogP contribution in [0.15, 0.2) is 24.3 Å². The van der Waals surface area contributed by atoms with Gasteiger partial charge in [-0.2, -0.15) is 8.78 Å². The summed E-state index contributed by atoms with van der Waals surface area (Å²) in [5, 5.41) is 0.126. The van der Waals surface area contributed by atoms with Crippen LogP contribution in [0.3, 0.4) is 0 Å². The monoisotopic (exact) mass is 252 g/mol. The first kappa shape index (κ1) is 10.9. The normalized spacial score (nSPS) is 11.3. The van der Waals surface area contributed by atoms with Crippen molar-refractivity contribution >= 4 is 21.8 Å². The molecule has 0 amide bonds. The van der Waals surface area contributed by atoms with Gasteiger partial charge in [-0.25, -0.2) is 18.7 Å². The van der Waals surface area contributed by atoms with Gasteiger partial charge >= 0.3 is 0 Å². The summed E-state index contributed by atoms with van der Waals surface area (Å²) in [6.45, 7) is 0. The molecule has 0 N–H and O–H groups in total. The summed E-state index contributed by atoms with van der Waals surface area (Å²) < 4.78 is 53.3. The minimum absolute atomic E-state index is 0.0530. The quantitative estimate of drug-likeness (QED) is 0.453. The van der Waals surface area contributed by atoms with E-state index in [1.54, 1.807) is 6.07 Å². The van der Waals surface area contributed by atoms with Crippen LogP contribution in [0.1, 0.15) is 0 Å². The molecule has 6 heteroatoms. The number of hydrogen-bond donors (Lipinski definition) is 0. The lowest BCUT2D eigenvalue weighted by molar-refractivity contribution is 0.455. The lowest BCUT2D eigenvalue weighted by Crippen LogP contribution is -2.00. The smallest absolute Gasteiger partial charge is 0.213 e. The van der Waals surface area contributed by atoms with Crippen molar-refractivity contribution in [1.29, 1.82) is 0 Å². The van der Waals surface area contributed by atoms with E-state index in [1.165, 1.54) is 18.2 Å². The summed E-state index contributed by atoms with van der Waals surface area (Å²) >= 11 is 0. The van der Waals surface area contributed by atoms with Crippen LogP contribution < -0.4 is 0 Å². The fourth-order valence-electron chi connectivity index (χ4n) is 1.84. The summed E-state index contributed by atoms with van der Waals surface area (Å²) in [6, 6.07) is 5.83. The Hall–Kier alpha value is -2.24. The second-order valence-corrected chi connectivity index (χ2v) is 3.68. The Balaban J connectivity index is 2.65. The second-order valence-electron chi connectivity index (χ2n) is 3.68. The van der Waals surface area contributed by atoms with E-state index in [-0.39, 0.29) is 16.3 Å². The zero-order valence-electron chi connectivity index (χ0n) is 8.72. The standard InChI is InChI=1S/C12H4F4N2/c13-7-5-3-1-2-4-6(5)9-10(8(7)14)18-12(16)11(15)17-9/h1-4H. The Morgan fingerprint density at radius 3 is 1.89 bits per heavy atom. The number of rotatable bonds is 0. The molecule has 1 heterocycles. The van der Waals surface area contributed by atoms with E-state index in [4.69, 9.17) is 0 Å². The van der Waals surface area contributed by atoms with Crippen molar-refractivity contribution in [2.75, 3.05) is 0 Å². The summed E-state index contributed by atoms with van der Waals surface area (Å²) in [6.07, 6.45) is 0. The molecule has 3 rings (SSSR count). The van der Waals surface area contributed by atoms with Crippen molar-refractivity contribution in [3.8, 4) is 0 Å². The SMILES string of the molecule is Fc1nc2c(F)c(F)c3ccccc3c2nc1F. The number of nitrogens with zero attached hydrogens (tertiary/aromatic N) is 2. The topological polar surface area (TPSA) is 25.8 Å². The van der Waals surface area contributed by atoms with Crippen LogP contribution >= 0.6 is 0 Å². The number of aromatic nitrogens is 2. The number of fused-ring (bicyclic) bond motifs is 3. The average molecular weight is 252 g/mol. The minimum atomic E-state index is -1.56. The predicted molar refractivity (Wildman–Crippen MR) is 56.9 cm³/mol. The van der Waals surface area contributed by atoms with Gasteiger partial charge in [-0.3, -0.25) is 0 Å². The van der Waals surface area contributed by atoms with Gasteiger partial charge in [0.2, 0.25) is 0 Å². The Kier molecular flexibility index (Phi) is 2.19. The summed E-state index contributed by atoms with van der Waals surface area (Å²) in [5.74, 6) is -5.50. The molecule has 0 spiro atoms. The van der Waals surface area contributed by atoms with Gasteiger partial charge < -0.3 is 0 Å². The largest absolute Gasteiger partial charge is 0.269 e. The van der Waals surface area contributed by atoms with Gasteiger partial charge in [-0.15, -0.1) is 0 Å². The van der Waals surface area contributed by atoms with Crippen LogP contribution in [0.5, 0.6) is 0 Å². The lowest BCUT2D eigenvalue weighted by Gasteiger charge is -2.05. The maximum atomic E-state index is 13.7. The highest BCUT2D eigenvalue weighted by Crippen LogP contribution is 2.28. The minimum Gasteiger partial charge on any atom is -0.213 e. The molecule has 0 aliphatic carbocycles. The highest BCUT2D eigenvalue weighted by molar-refractivity contribution is 6.04. The van der Waals surface area contributed by atoms with Crippen molar-refractivity contribution in [3.63, 3.8) is 0 Å². The van der Waals surface area contributed by atoms with Crippen LogP contribution in [-0.4, -0.2) is 9.97 Å².